The van der Waals surface area contributed by atoms with Crippen molar-refractivity contribution in [3.63, 3.8) is 0 Å². The van der Waals surface area contributed by atoms with Gasteiger partial charge in [0, 0.05) is 17.8 Å². The summed E-state index contributed by atoms with van der Waals surface area (Å²) in [5, 5.41) is 12.5. The zero-order valence-electron chi connectivity index (χ0n) is 10.6. The zero-order chi connectivity index (χ0) is 13.9. The topological polar surface area (TPSA) is 72.2 Å². The van der Waals surface area contributed by atoms with Gasteiger partial charge in [0.1, 0.15) is 5.25 Å². The summed E-state index contributed by atoms with van der Waals surface area (Å²) in [7, 11) is 0.337. The van der Waals surface area contributed by atoms with E-state index in [2.05, 4.69) is 21.0 Å². The molecule has 1 heterocycles. The van der Waals surface area contributed by atoms with Gasteiger partial charge in [-0.2, -0.15) is 5.10 Å². The predicted octanol–water partition coefficient (Wildman–Crippen LogP) is 1.86. The lowest BCUT2D eigenvalue weighted by atomic mass is 10.3. The van der Waals surface area contributed by atoms with E-state index in [1.165, 1.54) is 0 Å². The van der Waals surface area contributed by atoms with Crippen LogP contribution in [0.2, 0.25) is 0 Å². The minimum absolute atomic E-state index is 0.203. The molecule has 0 aliphatic heterocycles. The first-order valence-corrected chi connectivity index (χ1v) is 7.90. The average Bonchev–Trinajstić information content (AvgIpc) is 2.56. The lowest BCUT2D eigenvalue weighted by Gasteiger charge is -2.10. The molecule has 0 spiro atoms. The van der Waals surface area contributed by atoms with Crippen molar-refractivity contribution in [1.82, 2.24) is 9.78 Å². The predicted molar refractivity (Wildman–Crippen MR) is 73.8 cm³/mol. The molecule has 18 heavy (non-hydrogen) atoms. The van der Waals surface area contributed by atoms with E-state index in [-0.39, 0.29) is 5.75 Å². The minimum atomic E-state index is -1.44. The Bertz CT molecular complexity index is 473. The third-order valence-electron chi connectivity index (χ3n) is 2.75. The van der Waals surface area contributed by atoms with Crippen LogP contribution in [0.15, 0.2) is 4.47 Å². The van der Waals surface area contributed by atoms with Crippen LogP contribution in [0, 0.1) is 0 Å². The van der Waals surface area contributed by atoms with Gasteiger partial charge in [0.05, 0.1) is 21.6 Å². The maximum absolute atomic E-state index is 12.1. The van der Waals surface area contributed by atoms with Crippen molar-refractivity contribution < 1.29 is 14.1 Å². The molecule has 0 amide bonds. The molecule has 1 rings (SSSR count). The van der Waals surface area contributed by atoms with E-state index in [1.54, 1.807) is 18.7 Å². The summed E-state index contributed by atoms with van der Waals surface area (Å²) in [6.07, 6.45) is 1.13. The first-order chi connectivity index (χ1) is 8.42. The Balaban J connectivity index is 2.94. The number of carboxylic acids is 1. The van der Waals surface area contributed by atoms with Gasteiger partial charge in [-0.15, -0.1) is 0 Å². The molecule has 0 aromatic carbocycles. The van der Waals surface area contributed by atoms with Gasteiger partial charge >= 0.3 is 5.97 Å². The number of carboxylic acid groups (broad SMARTS) is 1. The SMILES string of the molecule is CCc1nn(C)c(CS(=O)C(CC)C(=O)O)c1Br. The molecule has 2 unspecified atom stereocenters. The summed E-state index contributed by atoms with van der Waals surface area (Å²) in [4.78, 5) is 11.0. The van der Waals surface area contributed by atoms with Gasteiger partial charge in [-0.3, -0.25) is 13.7 Å². The maximum atomic E-state index is 12.1. The molecule has 0 saturated carbocycles. The average molecular weight is 337 g/mol. The summed E-state index contributed by atoms with van der Waals surface area (Å²) in [5.41, 5.74) is 1.68. The second kappa shape index (κ2) is 6.47. The van der Waals surface area contributed by atoms with Gasteiger partial charge in [-0.05, 0) is 28.8 Å². The van der Waals surface area contributed by atoms with E-state index in [9.17, 15) is 9.00 Å². The highest BCUT2D eigenvalue weighted by Crippen LogP contribution is 2.23. The fraction of sp³-hybridized carbons (Fsp3) is 0.636. The van der Waals surface area contributed by atoms with Crippen LogP contribution < -0.4 is 0 Å². The van der Waals surface area contributed by atoms with E-state index in [0.29, 0.717) is 6.42 Å². The molecule has 0 aliphatic rings. The molecule has 1 aromatic heterocycles. The second-order valence-corrected chi connectivity index (χ2v) is 6.36. The molecule has 102 valence electrons. The van der Waals surface area contributed by atoms with Gasteiger partial charge in [0.2, 0.25) is 0 Å². The van der Waals surface area contributed by atoms with Crippen molar-refractivity contribution in [3.8, 4) is 0 Å². The third-order valence-corrected chi connectivity index (χ3v) is 5.39. The Morgan fingerprint density at radius 2 is 2.17 bits per heavy atom. The van der Waals surface area contributed by atoms with Crippen LogP contribution in [0.1, 0.15) is 31.7 Å². The van der Waals surface area contributed by atoms with Crippen molar-refractivity contribution in [2.75, 3.05) is 0 Å². The normalized spacial score (nSPS) is 14.4. The number of nitrogens with zero attached hydrogens (tertiary/aromatic N) is 2. The molecule has 0 aliphatic carbocycles. The molecule has 0 saturated heterocycles. The second-order valence-electron chi connectivity index (χ2n) is 3.94. The highest BCUT2D eigenvalue weighted by Gasteiger charge is 2.25. The smallest absolute Gasteiger partial charge is 0.319 e. The van der Waals surface area contributed by atoms with Gasteiger partial charge in [0.25, 0.3) is 0 Å². The van der Waals surface area contributed by atoms with Gasteiger partial charge < -0.3 is 5.11 Å². The van der Waals surface area contributed by atoms with Crippen molar-refractivity contribution in [3.05, 3.63) is 15.9 Å². The van der Waals surface area contributed by atoms with E-state index >= 15 is 0 Å². The Morgan fingerprint density at radius 3 is 2.56 bits per heavy atom. The number of hydrogen-bond acceptors (Lipinski definition) is 3. The van der Waals surface area contributed by atoms with E-state index in [0.717, 1.165) is 22.3 Å². The lowest BCUT2D eigenvalue weighted by molar-refractivity contribution is -0.136. The van der Waals surface area contributed by atoms with Crippen molar-refractivity contribution in [1.29, 1.82) is 0 Å². The van der Waals surface area contributed by atoms with Gasteiger partial charge in [-0.25, -0.2) is 0 Å². The highest BCUT2D eigenvalue weighted by atomic mass is 79.9. The van der Waals surface area contributed by atoms with Crippen LogP contribution in [0.3, 0.4) is 0 Å². The molecule has 0 fully saturated rings. The van der Waals surface area contributed by atoms with Crippen LogP contribution in [0.5, 0.6) is 0 Å². The maximum Gasteiger partial charge on any atom is 0.319 e. The molecular weight excluding hydrogens is 320 g/mol. The molecule has 7 heteroatoms. The van der Waals surface area contributed by atoms with Crippen LogP contribution in [0.25, 0.3) is 0 Å². The number of halogens is 1. The molecule has 1 N–H and O–H groups in total. The molecule has 0 bridgehead atoms. The van der Waals surface area contributed by atoms with E-state index in [1.807, 2.05) is 6.92 Å². The zero-order valence-corrected chi connectivity index (χ0v) is 13.0. The number of aromatic nitrogens is 2. The molecule has 2 atom stereocenters. The van der Waals surface area contributed by atoms with Crippen molar-refractivity contribution in [2.45, 2.75) is 37.7 Å². The van der Waals surface area contributed by atoms with Gasteiger partial charge in [-0.1, -0.05) is 13.8 Å². The number of aliphatic carboxylic acids is 1. The summed E-state index contributed by atoms with van der Waals surface area (Å²) in [5.74, 6) is -0.806. The van der Waals surface area contributed by atoms with E-state index < -0.39 is 22.0 Å². The highest BCUT2D eigenvalue weighted by molar-refractivity contribution is 9.10. The fourth-order valence-electron chi connectivity index (χ4n) is 1.68. The quantitative estimate of drug-likeness (QED) is 0.860. The lowest BCUT2D eigenvalue weighted by Crippen LogP contribution is -2.26. The minimum Gasteiger partial charge on any atom is -0.480 e. The molecule has 5 nitrogen and oxygen atoms in total. The third kappa shape index (κ3) is 3.20. The van der Waals surface area contributed by atoms with Crippen molar-refractivity contribution >= 4 is 32.7 Å². The Morgan fingerprint density at radius 1 is 1.56 bits per heavy atom. The molecular formula is C11H17BrN2O3S. The Labute approximate surface area is 117 Å². The standard InChI is InChI=1S/C11H17BrN2O3S/c1-4-7-10(12)8(14(3)13-7)6-18(17)9(5-2)11(15)16/h9H,4-6H2,1-3H3,(H,15,16). The number of aryl methyl sites for hydroxylation is 2. The largest absolute Gasteiger partial charge is 0.480 e. The van der Waals surface area contributed by atoms with E-state index in [4.69, 9.17) is 5.11 Å². The van der Waals surface area contributed by atoms with Crippen LogP contribution in [0.4, 0.5) is 0 Å². The van der Waals surface area contributed by atoms with Crippen LogP contribution >= 0.6 is 15.9 Å². The Hall–Kier alpha value is -0.690. The fourth-order valence-corrected chi connectivity index (χ4v) is 4.03. The van der Waals surface area contributed by atoms with Crippen LogP contribution in [-0.2, 0) is 34.8 Å². The Kier molecular flexibility index (Phi) is 5.52. The number of carbonyl (C=O) groups is 1. The number of hydrogen-bond donors (Lipinski definition) is 1. The first kappa shape index (κ1) is 15.4. The van der Waals surface area contributed by atoms with Crippen LogP contribution in [-0.4, -0.2) is 30.3 Å². The first-order valence-electron chi connectivity index (χ1n) is 5.72. The summed E-state index contributed by atoms with van der Waals surface area (Å²) in [6.45, 7) is 3.71. The van der Waals surface area contributed by atoms with Crippen molar-refractivity contribution in [2.24, 2.45) is 7.05 Å². The monoisotopic (exact) mass is 336 g/mol. The van der Waals surface area contributed by atoms with Gasteiger partial charge in [0.15, 0.2) is 0 Å². The number of rotatable bonds is 6. The summed E-state index contributed by atoms with van der Waals surface area (Å²) in [6, 6.07) is 0. The summed E-state index contributed by atoms with van der Waals surface area (Å²) < 4.78 is 14.6. The molecule has 0 radical (unpaired) electrons. The summed E-state index contributed by atoms with van der Waals surface area (Å²) >= 11 is 3.43. The molecule has 1 aromatic rings.